The van der Waals surface area contributed by atoms with Gasteiger partial charge in [0.25, 0.3) is 5.91 Å². The highest BCUT2D eigenvalue weighted by Gasteiger charge is 2.08. The fourth-order valence-electron chi connectivity index (χ4n) is 1.35. The summed E-state index contributed by atoms with van der Waals surface area (Å²) in [5.74, 6) is 4.40. The maximum Gasteiger partial charge on any atom is 0.270 e. The Morgan fingerprint density at radius 1 is 1.38 bits per heavy atom. The second kappa shape index (κ2) is 9.47. The van der Waals surface area contributed by atoms with Gasteiger partial charge < -0.3 is 20.5 Å². The van der Waals surface area contributed by atoms with E-state index in [-0.39, 0.29) is 24.8 Å². The minimum Gasteiger partial charge on any atom is -0.384 e. The largest absolute Gasteiger partial charge is 0.384 e. The third kappa shape index (κ3) is 6.51. The van der Waals surface area contributed by atoms with Crippen LogP contribution >= 0.6 is 0 Å². The summed E-state index contributed by atoms with van der Waals surface area (Å²) in [6.07, 6.45) is 1.43. The van der Waals surface area contributed by atoms with Crippen molar-refractivity contribution in [1.82, 2.24) is 15.6 Å². The predicted octanol–water partition coefficient (Wildman–Crippen LogP) is -1.08. The van der Waals surface area contributed by atoms with Crippen LogP contribution in [0.15, 0.2) is 18.3 Å². The normalized spacial score (nSPS) is 9.43. The molecule has 0 aromatic carbocycles. The average molecular weight is 291 g/mol. The van der Waals surface area contributed by atoms with Crippen LogP contribution in [0.4, 0.5) is 0 Å². The Bertz CT molecular complexity index is 531. The van der Waals surface area contributed by atoms with Gasteiger partial charge in [-0.15, -0.1) is 0 Å². The number of amides is 2. The third-order valence-electron chi connectivity index (χ3n) is 2.35. The first-order valence-corrected chi connectivity index (χ1v) is 6.27. The number of carbonyl (C=O) groups is 2. The van der Waals surface area contributed by atoms with Crippen LogP contribution in [0.2, 0.25) is 0 Å². The number of nitrogens with one attached hydrogen (secondary N) is 2. The van der Waals surface area contributed by atoms with E-state index in [4.69, 9.17) is 9.84 Å². The van der Waals surface area contributed by atoms with E-state index >= 15 is 0 Å². The standard InChI is InChI=1S/C14H17N3O4/c1-21-8-6-15-13(19)10-17-14(20)12-5-4-11(9-16-12)3-2-7-18/h4-5,9,18H,6-8,10H2,1H3,(H,15,19)(H,17,20). The number of rotatable bonds is 6. The van der Waals surface area contributed by atoms with Crippen molar-refractivity contribution in [1.29, 1.82) is 0 Å². The second-order valence-corrected chi connectivity index (χ2v) is 3.92. The van der Waals surface area contributed by atoms with Gasteiger partial charge in [-0.05, 0) is 12.1 Å². The molecule has 0 atom stereocenters. The molecule has 0 spiro atoms. The Hall–Kier alpha value is -2.43. The third-order valence-corrected chi connectivity index (χ3v) is 2.35. The van der Waals surface area contributed by atoms with Crippen molar-refractivity contribution in [2.24, 2.45) is 0 Å². The molecule has 0 fully saturated rings. The molecular formula is C14H17N3O4. The number of hydrogen-bond acceptors (Lipinski definition) is 5. The SMILES string of the molecule is COCCNC(=O)CNC(=O)c1ccc(C#CCO)cn1. The predicted molar refractivity (Wildman–Crippen MR) is 75.4 cm³/mol. The van der Waals surface area contributed by atoms with Crippen LogP contribution in [0.25, 0.3) is 0 Å². The zero-order valence-electron chi connectivity index (χ0n) is 11.7. The highest BCUT2D eigenvalue weighted by atomic mass is 16.5. The lowest BCUT2D eigenvalue weighted by Crippen LogP contribution is -2.38. The van der Waals surface area contributed by atoms with E-state index in [0.717, 1.165) is 0 Å². The summed E-state index contributed by atoms with van der Waals surface area (Å²) in [7, 11) is 1.54. The van der Waals surface area contributed by atoms with Gasteiger partial charge in [-0.25, -0.2) is 4.98 Å². The lowest BCUT2D eigenvalue weighted by molar-refractivity contribution is -0.120. The smallest absolute Gasteiger partial charge is 0.270 e. The summed E-state index contributed by atoms with van der Waals surface area (Å²) in [5.41, 5.74) is 0.784. The molecule has 0 unspecified atom stereocenters. The van der Waals surface area contributed by atoms with Gasteiger partial charge in [0.15, 0.2) is 0 Å². The maximum atomic E-state index is 11.8. The molecule has 1 rings (SSSR count). The minimum atomic E-state index is -0.446. The lowest BCUT2D eigenvalue weighted by Gasteiger charge is -2.06. The summed E-state index contributed by atoms with van der Waals surface area (Å²) in [6.45, 7) is 0.440. The van der Waals surface area contributed by atoms with Gasteiger partial charge in [0.05, 0.1) is 13.2 Å². The van der Waals surface area contributed by atoms with Gasteiger partial charge in [0.2, 0.25) is 5.91 Å². The molecule has 2 amide bonds. The molecule has 0 aliphatic heterocycles. The molecule has 21 heavy (non-hydrogen) atoms. The van der Waals surface area contributed by atoms with Crippen molar-refractivity contribution in [3.8, 4) is 11.8 Å². The molecule has 0 aliphatic carbocycles. The Morgan fingerprint density at radius 3 is 2.81 bits per heavy atom. The van der Waals surface area contributed by atoms with Gasteiger partial charge >= 0.3 is 0 Å². The maximum absolute atomic E-state index is 11.8. The van der Waals surface area contributed by atoms with Crippen LogP contribution in [0.3, 0.4) is 0 Å². The van der Waals surface area contributed by atoms with E-state index in [1.54, 1.807) is 6.07 Å². The average Bonchev–Trinajstić information content (AvgIpc) is 2.51. The van der Waals surface area contributed by atoms with Gasteiger partial charge in [0, 0.05) is 25.4 Å². The summed E-state index contributed by atoms with van der Waals surface area (Å²) in [6, 6.07) is 3.11. The number of nitrogens with zero attached hydrogens (tertiary/aromatic N) is 1. The van der Waals surface area contributed by atoms with Crippen LogP contribution in [0.1, 0.15) is 16.1 Å². The Balaban J connectivity index is 2.43. The monoisotopic (exact) mass is 291 g/mol. The summed E-state index contributed by atoms with van der Waals surface area (Å²) < 4.78 is 4.79. The van der Waals surface area contributed by atoms with Crippen LogP contribution in [-0.2, 0) is 9.53 Å². The van der Waals surface area contributed by atoms with E-state index in [2.05, 4.69) is 27.5 Å². The lowest BCUT2D eigenvalue weighted by atomic mass is 10.2. The molecule has 7 heteroatoms. The fourth-order valence-corrected chi connectivity index (χ4v) is 1.35. The van der Waals surface area contributed by atoms with Crippen LogP contribution < -0.4 is 10.6 Å². The Kier molecular flexibility index (Phi) is 7.50. The zero-order valence-corrected chi connectivity index (χ0v) is 11.7. The van der Waals surface area contributed by atoms with E-state index in [0.29, 0.717) is 18.7 Å². The zero-order chi connectivity index (χ0) is 15.5. The van der Waals surface area contributed by atoms with Crippen LogP contribution in [0, 0.1) is 11.8 Å². The van der Waals surface area contributed by atoms with Gasteiger partial charge in [0.1, 0.15) is 12.3 Å². The molecule has 1 heterocycles. The first-order valence-electron chi connectivity index (χ1n) is 6.27. The molecule has 0 bridgehead atoms. The van der Waals surface area contributed by atoms with Crippen molar-refractivity contribution in [2.45, 2.75) is 0 Å². The number of methoxy groups -OCH3 is 1. The van der Waals surface area contributed by atoms with E-state index in [1.165, 1.54) is 19.4 Å². The molecule has 0 saturated carbocycles. The summed E-state index contributed by atoms with van der Waals surface area (Å²) in [4.78, 5) is 27.1. The molecule has 1 aromatic rings. The quantitative estimate of drug-likeness (QED) is 0.457. The molecule has 112 valence electrons. The Labute approximate surface area is 122 Å². The second-order valence-electron chi connectivity index (χ2n) is 3.92. The number of aliphatic hydroxyl groups is 1. The van der Waals surface area contributed by atoms with E-state index in [9.17, 15) is 9.59 Å². The van der Waals surface area contributed by atoms with Gasteiger partial charge in [-0.2, -0.15) is 0 Å². The molecule has 1 aromatic heterocycles. The molecular weight excluding hydrogens is 274 g/mol. The van der Waals surface area contributed by atoms with Crippen molar-refractivity contribution < 1.29 is 19.4 Å². The number of hydrogen-bond donors (Lipinski definition) is 3. The van der Waals surface area contributed by atoms with Crippen molar-refractivity contribution in [2.75, 3.05) is 33.4 Å². The Morgan fingerprint density at radius 2 is 2.19 bits per heavy atom. The van der Waals surface area contributed by atoms with Crippen LogP contribution in [0.5, 0.6) is 0 Å². The molecule has 0 saturated heterocycles. The van der Waals surface area contributed by atoms with Crippen LogP contribution in [-0.4, -0.2) is 55.3 Å². The van der Waals surface area contributed by atoms with Gasteiger partial charge in [-0.3, -0.25) is 9.59 Å². The first kappa shape index (κ1) is 16.6. The summed E-state index contributed by atoms with van der Waals surface area (Å²) >= 11 is 0. The van der Waals surface area contributed by atoms with Crippen molar-refractivity contribution >= 4 is 11.8 Å². The number of aromatic nitrogens is 1. The van der Waals surface area contributed by atoms with E-state index in [1.807, 2.05) is 0 Å². The fraction of sp³-hybridized carbons (Fsp3) is 0.357. The molecule has 0 aliphatic rings. The van der Waals surface area contributed by atoms with Gasteiger partial charge in [-0.1, -0.05) is 11.8 Å². The summed E-state index contributed by atoms with van der Waals surface area (Å²) in [5, 5.41) is 13.6. The first-order chi connectivity index (χ1) is 10.2. The topological polar surface area (TPSA) is 101 Å². The number of carbonyl (C=O) groups excluding carboxylic acids is 2. The number of aliphatic hydroxyl groups excluding tert-OH is 1. The van der Waals surface area contributed by atoms with Crippen molar-refractivity contribution in [3.05, 3.63) is 29.6 Å². The number of pyridine rings is 1. The molecule has 3 N–H and O–H groups in total. The highest BCUT2D eigenvalue weighted by Crippen LogP contribution is 1.98. The van der Waals surface area contributed by atoms with E-state index < -0.39 is 5.91 Å². The number of ether oxygens (including phenoxy) is 1. The molecule has 7 nitrogen and oxygen atoms in total. The molecule has 0 radical (unpaired) electrons. The highest BCUT2D eigenvalue weighted by molar-refractivity contribution is 5.94. The van der Waals surface area contributed by atoms with Crippen molar-refractivity contribution in [3.63, 3.8) is 0 Å². The minimum absolute atomic E-state index is 0.129.